The normalized spacial score (nSPS) is 14.7. The van der Waals surface area contributed by atoms with Crippen molar-refractivity contribution in [3.05, 3.63) is 175 Å². The van der Waals surface area contributed by atoms with Crippen molar-refractivity contribution < 1.29 is 0 Å². The van der Waals surface area contributed by atoms with Gasteiger partial charge >= 0.3 is 0 Å². The summed E-state index contributed by atoms with van der Waals surface area (Å²) in [6, 6.07) is 60.3. The van der Waals surface area contributed by atoms with E-state index >= 15 is 0 Å². The van der Waals surface area contributed by atoms with E-state index < -0.39 is 0 Å². The minimum absolute atomic E-state index is 0.0936. The molecule has 0 aliphatic heterocycles. The minimum Gasteiger partial charge on any atom is -0.278 e. The van der Waals surface area contributed by atoms with Crippen LogP contribution in [0.25, 0.3) is 103 Å². The fourth-order valence-corrected chi connectivity index (χ4v) is 12.1. The van der Waals surface area contributed by atoms with Crippen molar-refractivity contribution in [2.75, 3.05) is 0 Å². The summed E-state index contributed by atoms with van der Waals surface area (Å²) in [4.78, 5) is 11.4. The SMILES string of the molecule is c1ccc(-c2ccc(-c3nc(-n4c5ccc6ccccc6c5c5c6ccccc6c6c(c54)C4(CCCCC4)c4ccccc4-6)nc4c3sc3ccccc34)cc2)cc1. The molecule has 1 fully saturated rings. The topological polar surface area (TPSA) is 30.7 Å². The number of fused-ring (bicyclic) bond motifs is 17. The molecule has 0 bridgehead atoms. The minimum atomic E-state index is -0.0936. The molecule has 0 radical (unpaired) electrons. The van der Waals surface area contributed by atoms with Gasteiger partial charge in [0, 0.05) is 31.8 Å². The molecular formula is C54H37N3S. The van der Waals surface area contributed by atoms with Gasteiger partial charge in [0.05, 0.1) is 26.9 Å². The Morgan fingerprint density at radius 3 is 2.03 bits per heavy atom. The zero-order valence-electron chi connectivity index (χ0n) is 31.9. The lowest BCUT2D eigenvalue weighted by Crippen LogP contribution is -2.28. The van der Waals surface area contributed by atoms with Crippen molar-refractivity contribution in [1.29, 1.82) is 0 Å². The van der Waals surface area contributed by atoms with Gasteiger partial charge in [0.1, 0.15) is 0 Å². The number of benzene rings is 8. The fraction of sp³-hybridized carbons (Fsp3) is 0.111. The zero-order chi connectivity index (χ0) is 38.0. The summed E-state index contributed by atoms with van der Waals surface area (Å²) in [7, 11) is 0. The third-order valence-corrected chi connectivity index (χ3v) is 14.5. The Bertz CT molecular complexity index is 3480. The van der Waals surface area contributed by atoms with E-state index in [2.05, 4.69) is 168 Å². The van der Waals surface area contributed by atoms with E-state index in [1.54, 1.807) is 11.3 Å². The summed E-state index contributed by atoms with van der Waals surface area (Å²) < 4.78 is 4.83. The smallest absolute Gasteiger partial charge is 0.235 e. The van der Waals surface area contributed by atoms with Gasteiger partial charge in [-0.1, -0.05) is 171 Å². The average molecular weight is 760 g/mol. The molecule has 0 N–H and O–H groups in total. The van der Waals surface area contributed by atoms with Gasteiger partial charge in [0.15, 0.2) is 0 Å². The first-order valence-electron chi connectivity index (χ1n) is 20.6. The standard InChI is InChI=1S/C54H37N3S/c1-3-15-33(16-4-1)34-25-27-36(28-26-34)49-52-50(41-22-10-12-24-44(41)58-52)56-53(55-49)57-43-30-29-35-17-5-6-18-37(35)46(43)47-39-20-8-7-19-38(39)45-40-21-9-11-23-42(40)54(48(45)51(47)57)31-13-2-14-32-54/h1,3-12,15-30H,2,13-14,31-32H2. The monoisotopic (exact) mass is 759 g/mol. The third-order valence-electron chi connectivity index (χ3n) is 13.4. The van der Waals surface area contributed by atoms with Crippen LogP contribution in [0.4, 0.5) is 0 Å². The van der Waals surface area contributed by atoms with E-state index in [1.165, 1.54) is 101 Å². The molecular weight excluding hydrogens is 723 g/mol. The van der Waals surface area contributed by atoms with Crippen LogP contribution in [0, 0.1) is 0 Å². The van der Waals surface area contributed by atoms with E-state index in [-0.39, 0.29) is 5.41 Å². The number of hydrogen-bond acceptors (Lipinski definition) is 3. The Kier molecular flexibility index (Phi) is 6.82. The van der Waals surface area contributed by atoms with Crippen molar-refractivity contribution in [1.82, 2.24) is 14.5 Å². The van der Waals surface area contributed by atoms with E-state index in [0.717, 1.165) is 45.8 Å². The van der Waals surface area contributed by atoms with Crippen LogP contribution >= 0.6 is 11.3 Å². The molecule has 3 nitrogen and oxygen atoms in total. The molecule has 8 aromatic carbocycles. The summed E-state index contributed by atoms with van der Waals surface area (Å²) in [5.74, 6) is 0.730. The summed E-state index contributed by atoms with van der Waals surface area (Å²) in [6.45, 7) is 0. The number of nitrogens with zero attached hydrogens (tertiary/aromatic N) is 3. The predicted molar refractivity (Wildman–Crippen MR) is 244 cm³/mol. The molecule has 3 heterocycles. The molecule has 4 heteroatoms. The molecule has 2 aliphatic rings. The second-order valence-electron chi connectivity index (χ2n) is 16.3. The summed E-state index contributed by atoms with van der Waals surface area (Å²) in [6.07, 6.45) is 6.00. The number of aromatic nitrogens is 3. The van der Waals surface area contributed by atoms with Gasteiger partial charge in [-0.3, -0.25) is 4.57 Å². The Balaban J connectivity index is 1.22. The predicted octanol–water partition coefficient (Wildman–Crippen LogP) is 14.8. The third kappa shape index (κ3) is 4.38. The molecule has 58 heavy (non-hydrogen) atoms. The molecule has 0 amide bonds. The maximum absolute atomic E-state index is 5.74. The Morgan fingerprint density at radius 1 is 0.517 bits per heavy atom. The van der Waals surface area contributed by atoms with Crippen molar-refractivity contribution >= 4 is 75.0 Å². The largest absolute Gasteiger partial charge is 0.278 e. The first-order valence-corrected chi connectivity index (χ1v) is 21.4. The Hall–Kier alpha value is -6.62. The van der Waals surface area contributed by atoms with Gasteiger partial charge in [0.25, 0.3) is 0 Å². The van der Waals surface area contributed by atoms with Gasteiger partial charge in [-0.15, -0.1) is 11.3 Å². The van der Waals surface area contributed by atoms with Crippen LogP contribution in [-0.2, 0) is 5.41 Å². The molecule has 3 aromatic heterocycles. The molecule has 2 aliphatic carbocycles. The molecule has 1 saturated carbocycles. The van der Waals surface area contributed by atoms with Gasteiger partial charge in [-0.25, -0.2) is 9.97 Å². The highest BCUT2D eigenvalue weighted by Crippen LogP contribution is 2.61. The first kappa shape index (κ1) is 32.5. The number of thiophene rings is 1. The van der Waals surface area contributed by atoms with Crippen LogP contribution in [0.3, 0.4) is 0 Å². The van der Waals surface area contributed by atoms with Crippen LogP contribution in [0.2, 0.25) is 0 Å². The van der Waals surface area contributed by atoms with E-state index in [0.29, 0.717) is 0 Å². The number of rotatable bonds is 3. The van der Waals surface area contributed by atoms with Crippen LogP contribution < -0.4 is 0 Å². The van der Waals surface area contributed by atoms with Crippen LogP contribution in [0.5, 0.6) is 0 Å². The lowest BCUT2D eigenvalue weighted by molar-refractivity contribution is 0.354. The maximum Gasteiger partial charge on any atom is 0.235 e. The van der Waals surface area contributed by atoms with Gasteiger partial charge < -0.3 is 0 Å². The highest BCUT2D eigenvalue weighted by Gasteiger charge is 2.47. The van der Waals surface area contributed by atoms with Crippen molar-refractivity contribution in [3.8, 4) is 39.5 Å². The summed E-state index contributed by atoms with van der Waals surface area (Å²) in [5, 5.41) is 8.90. The summed E-state index contributed by atoms with van der Waals surface area (Å²) in [5.41, 5.74) is 13.6. The summed E-state index contributed by atoms with van der Waals surface area (Å²) >= 11 is 1.80. The van der Waals surface area contributed by atoms with E-state index in [4.69, 9.17) is 9.97 Å². The molecule has 13 rings (SSSR count). The van der Waals surface area contributed by atoms with Crippen LogP contribution in [0.15, 0.2) is 164 Å². The molecule has 1 spiro atoms. The van der Waals surface area contributed by atoms with Crippen LogP contribution in [0.1, 0.15) is 43.2 Å². The van der Waals surface area contributed by atoms with Gasteiger partial charge in [-0.2, -0.15) is 0 Å². The zero-order valence-corrected chi connectivity index (χ0v) is 32.7. The highest BCUT2D eigenvalue weighted by molar-refractivity contribution is 7.26. The van der Waals surface area contributed by atoms with Crippen LogP contribution in [-0.4, -0.2) is 14.5 Å². The molecule has 0 atom stereocenters. The lowest BCUT2D eigenvalue weighted by atomic mass is 9.67. The Morgan fingerprint density at radius 2 is 1.19 bits per heavy atom. The lowest BCUT2D eigenvalue weighted by Gasteiger charge is -2.36. The highest BCUT2D eigenvalue weighted by atomic mass is 32.1. The van der Waals surface area contributed by atoms with Gasteiger partial charge in [0.2, 0.25) is 5.95 Å². The molecule has 274 valence electrons. The maximum atomic E-state index is 5.74. The molecule has 0 saturated heterocycles. The second kappa shape index (κ2) is 12.2. The van der Waals surface area contributed by atoms with Crippen molar-refractivity contribution in [2.24, 2.45) is 0 Å². The quantitative estimate of drug-likeness (QED) is 0.180. The molecule has 11 aromatic rings. The Labute approximate surface area is 339 Å². The molecule has 0 unspecified atom stereocenters. The van der Waals surface area contributed by atoms with Crippen molar-refractivity contribution in [3.63, 3.8) is 0 Å². The van der Waals surface area contributed by atoms with Gasteiger partial charge in [-0.05, 0) is 79.9 Å². The second-order valence-corrected chi connectivity index (χ2v) is 17.4. The van der Waals surface area contributed by atoms with E-state index in [1.807, 2.05) is 0 Å². The van der Waals surface area contributed by atoms with Crippen molar-refractivity contribution in [2.45, 2.75) is 37.5 Å². The number of hydrogen-bond donors (Lipinski definition) is 0. The fourth-order valence-electron chi connectivity index (χ4n) is 10.9. The first-order chi connectivity index (χ1) is 28.8. The van der Waals surface area contributed by atoms with E-state index in [9.17, 15) is 0 Å². The average Bonchev–Trinajstić information content (AvgIpc) is 3.94.